The molecule has 4 amide bonds. The van der Waals surface area contributed by atoms with E-state index in [0.717, 1.165) is 10.6 Å². The second-order valence-electron chi connectivity index (χ2n) is 5.90. The molecule has 136 valence electrons. The Morgan fingerprint density at radius 3 is 2.85 bits per heavy atom. The highest BCUT2D eigenvalue weighted by Crippen LogP contribution is 2.20. The molecule has 26 heavy (non-hydrogen) atoms. The van der Waals surface area contributed by atoms with Crippen molar-refractivity contribution >= 4 is 29.4 Å². The number of hydrogen-bond acceptors (Lipinski definition) is 4. The number of carbonyl (C=O) groups is 3. The van der Waals surface area contributed by atoms with Crippen LogP contribution in [0, 0.1) is 0 Å². The van der Waals surface area contributed by atoms with Gasteiger partial charge in [-0.05, 0) is 11.6 Å². The number of nitrogens with one attached hydrogen (secondary N) is 3. The molecule has 0 radical (unpaired) electrons. The van der Waals surface area contributed by atoms with Crippen LogP contribution in [0.4, 0.5) is 4.79 Å². The van der Waals surface area contributed by atoms with Crippen LogP contribution in [0.25, 0.3) is 0 Å². The summed E-state index contributed by atoms with van der Waals surface area (Å²) in [6.07, 6.45) is 3.75. The van der Waals surface area contributed by atoms with E-state index in [2.05, 4.69) is 20.6 Å². The van der Waals surface area contributed by atoms with E-state index < -0.39 is 18.0 Å². The summed E-state index contributed by atoms with van der Waals surface area (Å²) in [6, 6.07) is 5.61. The van der Waals surface area contributed by atoms with E-state index in [1.807, 2.05) is 0 Å². The number of H-pyrrole nitrogens is 1. The normalized spacial score (nSPS) is 16.7. The molecule has 1 aliphatic heterocycles. The SMILES string of the molecule is O=C(C[C@H]1NC(=O)N(Cc2ccccc2Cl)C1=O)NCCc1cnc[nH]1. The summed E-state index contributed by atoms with van der Waals surface area (Å²) < 4.78 is 0. The molecule has 1 aliphatic rings. The lowest BCUT2D eigenvalue weighted by atomic mass is 10.1. The summed E-state index contributed by atoms with van der Waals surface area (Å²) in [7, 11) is 0. The monoisotopic (exact) mass is 375 g/mol. The van der Waals surface area contributed by atoms with Crippen molar-refractivity contribution in [2.45, 2.75) is 25.4 Å². The molecule has 3 rings (SSSR count). The molecule has 1 saturated heterocycles. The molecule has 2 aromatic rings. The number of aromatic amines is 1. The van der Waals surface area contributed by atoms with Gasteiger partial charge in [0.1, 0.15) is 6.04 Å². The predicted octanol–water partition coefficient (Wildman–Crippen LogP) is 1.23. The van der Waals surface area contributed by atoms with E-state index in [0.29, 0.717) is 23.6 Å². The lowest BCUT2D eigenvalue weighted by molar-refractivity contribution is -0.131. The quantitative estimate of drug-likeness (QED) is 0.632. The molecule has 0 unspecified atom stereocenters. The van der Waals surface area contributed by atoms with Crippen molar-refractivity contribution in [2.75, 3.05) is 6.54 Å². The predicted molar refractivity (Wildman–Crippen MR) is 94.2 cm³/mol. The standard InChI is InChI=1S/C17H18ClN5O3/c18-13-4-2-1-3-11(13)9-23-16(25)14(22-17(23)26)7-15(24)20-6-5-12-8-19-10-21-12/h1-4,8,10,14H,5-7,9H2,(H,19,21)(H,20,24)(H,22,26)/t14-/m1/s1. The molecule has 1 aromatic heterocycles. The van der Waals surface area contributed by atoms with Gasteiger partial charge in [-0.3, -0.25) is 14.5 Å². The van der Waals surface area contributed by atoms with Crippen LogP contribution in [-0.4, -0.2) is 45.3 Å². The summed E-state index contributed by atoms with van der Waals surface area (Å²) >= 11 is 6.08. The fourth-order valence-corrected chi connectivity index (χ4v) is 2.87. The van der Waals surface area contributed by atoms with Crippen LogP contribution in [0.15, 0.2) is 36.8 Å². The summed E-state index contributed by atoms with van der Waals surface area (Å²) in [5.41, 5.74) is 1.57. The molecule has 8 nitrogen and oxygen atoms in total. The highest BCUT2D eigenvalue weighted by molar-refractivity contribution is 6.31. The summed E-state index contributed by atoms with van der Waals surface area (Å²) in [6.45, 7) is 0.488. The minimum Gasteiger partial charge on any atom is -0.356 e. The Bertz CT molecular complexity index is 808. The van der Waals surface area contributed by atoms with Crippen molar-refractivity contribution in [3.63, 3.8) is 0 Å². The van der Waals surface area contributed by atoms with Crippen molar-refractivity contribution in [2.24, 2.45) is 0 Å². The van der Waals surface area contributed by atoms with E-state index in [4.69, 9.17) is 11.6 Å². The molecule has 3 N–H and O–H groups in total. The first-order valence-corrected chi connectivity index (χ1v) is 8.51. The Hall–Kier alpha value is -2.87. The van der Waals surface area contributed by atoms with Gasteiger partial charge >= 0.3 is 6.03 Å². The van der Waals surface area contributed by atoms with Crippen molar-refractivity contribution in [3.8, 4) is 0 Å². The van der Waals surface area contributed by atoms with Crippen LogP contribution >= 0.6 is 11.6 Å². The fraction of sp³-hybridized carbons (Fsp3) is 0.294. The molecule has 1 atom stereocenters. The van der Waals surface area contributed by atoms with E-state index in [-0.39, 0.29) is 18.9 Å². The van der Waals surface area contributed by atoms with Gasteiger partial charge in [-0.15, -0.1) is 0 Å². The molecular formula is C17H18ClN5O3. The zero-order valence-corrected chi connectivity index (χ0v) is 14.6. The Morgan fingerprint density at radius 1 is 1.31 bits per heavy atom. The van der Waals surface area contributed by atoms with Gasteiger partial charge in [0.05, 0.1) is 19.3 Å². The fourth-order valence-electron chi connectivity index (χ4n) is 2.68. The third-order valence-electron chi connectivity index (χ3n) is 4.05. The van der Waals surface area contributed by atoms with Gasteiger partial charge in [0.25, 0.3) is 5.91 Å². The number of aromatic nitrogens is 2. The smallest absolute Gasteiger partial charge is 0.325 e. The number of imidazole rings is 1. The number of halogens is 1. The number of rotatable bonds is 7. The Labute approximate surface area is 154 Å². The number of imide groups is 1. The number of hydrogen-bond donors (Lipinski definition) is 3. The van der Waals surface area contributed by atoms with E-state index in [1.54, 1.807) is 36.8 Å². The molecule has 0 saturated carbocycles. The van der Waals surface area contributed by atoms with Crippen molar-refractivity contribution < 1.29 is 14.4 Å². The van der Waals surface area contributed by atoms with Gasteiger partial charge in [-0.2, -0.15) is 0 Å². The Morgan fingerprint density at radius 2 is 2.12 bits per heavy atom. The maximum absolute atomic E-state index is 12.4. The third kappa shape index (κ3) is 4.20. The van der Waals surface area contributed by atoms with Crippen molar-refractivity contribution in [3.05, 3.63) is 53.1 Å². The van der Waals surface area contributed by atoms with Gasteiger partial charge in [-0.1, -0.05) is 29.8 Å². The summed E-state index contributed by atoms with van der Waals surface area (Å²) in [5.74, 6) is -0.735. The van der Waals surface area contributed by atoms with Crippen LogP contribution < -0.4 is 10.6 Å². The lowest BCUT2D eigenvalue weighted by Crippen LogP contribution is -2.37. The lowest BCUT2D eigenvalue weighted by Gasteiger charge is -2.14. The van der Waals surface area contributed by atoms with Crippen LogP contribution in [0.3, 0.4) is 0 Å². The van der Waals surface area contributed by atoms with Gasteiger partial charge in [0, 0.05) is 29.9 Å². The maximum atomic E-state index is 12.4. The van der Waals surface area contributed by atoms with E-state index in [1.165, 1.54) is 0 Å². The molecule has 1 aromatic carbocycles. The minimum atomic E-state index is -0.864. The number of urea groups is 1. The topological polar surface area (TPSA) is 107 Å². The average molecular weight is 376 g/mol. The minimum absolute atomic E-state index is 0.0717. The van der Waals surface area contributed by atoms with E-state index in [9.17, 15) is 14.4 Å². The Balaban J connectivity index is 1.51. The number of carbonyl (C=O) groups excluding carboxylic acids is 3. The zero-order valence-electron chi connectivity index (χ0n) is 13.9. The number of amides is 4. The average Bonchev–Trinajstić information content (AvgIpc) is 3.21. The molecule has 0 aliphatic carbocycles. The molecule has 0 spiro atoms. The van der Waals surface area contributed by atoms with Crippen molar-refractivity contribution in [1.29, 1.82) is 0 Å². The second-order valence-corrected chi connectivity index (χ2v) is 6.31. The van der Waals surface area contributed by atoms with Gasteiger partial charge in [0.2, 0.25) is 5.91 Å². The van der Waals surface area contributed by atoms with Crippen LogP contribution in [0.1, 0.15) is 17.7 Å². The highest BCUT2D eigenvalue weighted by atomic mass is 35.5. The highest BCUT2D eigenvalue weighted by Gasteiger charge is 2.39. The molecule has 1 fully saturated rings. The third-order valence-corrected chi connectivity index (χ3v) is 4.42. The molecular weight excluding hydrogens is 358 g/mol. The van der Waals surface area contributed by atoms with Crippen LogP contribution in [0.5, 0.6) is 0 Å². The summed E-state index contributed by atoms with van der Waals surface area (Å²) in [4.78, 5) is 44.4. The van der Waals surface area contributed by atoms with Crippen LogP contribution in [-0.2, 0) is 22.6 Å². The molecule has 9 heteroatoms. The first-order chi connectivity index (χ1) is 12.5. The van der Waals surface area contributed by atoms with Gasteiger partial charge < -0.3 is 15.6 Å². The number of benzene rings is 1. The second kappa shape index (κ2) is 8.01. The first-order valence-electron chi connectivity index (χ1n) is 8.14. The molecule has 2 heterocycles. The number of nitrogens with zero attached hydrogens (tertiary/aromatic N) is 2. The largest absolute Gasteiger partial charge is 0.356 e. The molecule has 0 bridgehead atoms. The van der Waals surface area contributed by atoms with Gasteiger partial charge in [0.15, 0.2) is 0 Å². The first kappa shape index (κ1) is 17.9. The maximum Gasteiger partial charge on any atom is 0.325 e. The zero-order chi connectivity index (χ0) is 18.5. The summed E-state index contributed by atoms with van der Waals surface area (Å²) in [5, 5.41) is 5.75. The van der Waals surface area contributed by atoms with Crippen molar-refractivity contribution in [1.82, 2.24) is 25.5 Å². The Kier molecular flexibility index (Phi) is 5.52. The van der Waals surface area contributed by atoms with E-state index >= 15 is 0 Å². The van der Waals surface area contributed by atoms with Gasteiger partial charge in [-0.25, -0.2) is 9.78 Å². The van der Waals surface area contributed by atoms with Crippen LogP contribution in [0.2, 0.25) is 5.02 Å².